The van der Waals surface area contributed by atoms with E-state index in [1.54, 1.807) is 0 Å². The van der Waals surface area contributed by atoms with Gasteiger partial charge in [-0.25, -0.2) is 4.79 Å². The maximum absolute atomic E-state index is 11.1. The molecule has 0 spiro atoms. The van der Waals surface area contributed by atoms with E-state index in [1.165, 1.54) is 4.90 Å². The lowest BCUT2D eigenvalue weighted by Crippen LogP contribution is -2.41. The highest BCUT2D eigenvalue weighted by Gasteiger charge is 2.33. The number of nitrogens with zero attached hydrogens (tertiary/aromatic N) is 1. The zero-order chi connectivity index (χ0) is 9.14. The lowest BCUT2D eigenvalue weighted by Gasteiger charge is -2.20. The van der Waals surface area contributed by atoms with Crippen LogP contribution >= 0.6 is 0 Å². The SMILES string of the molecule is [CH2+]C[C@@H](C(=O)O)N1CCCC1=O. The number of rotatable bonds is 3. The van der Waals surface area contributed by atoms with Crippen LogP contribution < -0.4 is 0 Å². The van der Waals surface area contributed by atoms with E-state index < -0.39 is 12.0 Å². The van der Waals surface area contributed by atoms with Gasteiger partial charge in [-0.1, -0.05) is 0 Å². The Bertz CT molecular complexity index is 202. The Kier molecular flexibility index (Phi) is 2.58. The van der Waals surface area contributed by atoms with Crippen molar-refractivity contribution in [2.45, 2.75) is 25.3 Å². The average molecular weight is 170 g/mol. The Morgan fingerprint density at radius 2 is 2.42 bits per heavy atom. The fourth-order valence-corrected chi connectivity index (χ4v) is 1.41. The summed E-state index contributed by atoms with van der Waals surface area (Å²) in [5, 5.41) is 8.72. The summed E-state index contributed by atoms with van der Waals surface area (Å²) in [6.07, 6.45) is 1.48. The van der Waals surface area contributed by atoms with Gasteiger partial charge in [0.05, 0.1) is 6.92 Å². The molecule has 0 saturated carbocycles. The first-order valence-electron chi connectivity index (χ1n) is 3.98. The number of aliphatic carboxylic acids is 1. The van der Waals surface area contributed by atoms with Crippen LogP contribution in [0.1, 0.15) is 19.3 Å². The lowest BCUT2D eigenvalue weighted by atomic mass is 10.2. The molecule has 4 nitrogen and oxygen atoms in total. The molecule has 0 aliphatic carbocycles. The molecule has 0 unspecified atom stereocenters. The zero-order valence-corrected chi connectivity index (χ0v) is 6.82. The third kappa shape index (κ3) is 1.52. The van der Waals surface area contributed by atoms with Gasteiger partial charge in [0.1, 0.15) is 6.42 Å². The molecule has 0 bridgehead atoms. The maximum atomic E-state index is 11.1. The second-order valence-corrected chi connectivity index (χ2v) is 2.83. The zero-order valence-electron chi connectivity index (χ0n) is 6.82. The van der Waals surface area contributed by atoms with Gasteiger partial charge in [0.15, 0.2) is 6.04 Å². The molecule has 1 rings (SSSR count). The summed E-state index contributed by atoms with van der Waals surface area (Å²) in [6.45, 7) is 4.07. The van der Waals surface area contributed by atoms with Crippen LogP contribution in [0.25, 0.3) is 0 Å². The smallest absolute Gasteiger partial charge is 0.330 e. The van der Waals surface area contributed by atoms with Gasteiger partial charge in [-0.2, -0.15) is 0 Å². The predicted molar refractivity (Wildman–Crippen MR) is 42.3 cm³/mol. The quantitative estimate of drug-likeness (QED) is 0.619. The number of hydrogen-bond donors (Lipinski definition) is 1. The van der Waals surface area contributed by atoms with Gasteiger partial charge in [0.2, 0.25) is 5.91 Å². The first-order valence-corrected chi connectivity index (χ1v) is 3.98. The average Bonchev–Trinajstić information content (AvgIpc) is 2.38. The number of carboxylic acid groups (broad SMARTS) is 1. The predicted octanol–water partition coefficient (Wildman–Crippen LogP) is 0.286. The first kappa shape index (κ1) is 8.90. The largest absolute Gasteiger partial charge is 0.480 e. The second-order valence-electron chi connectivity index (χ2n) is 2.83. The van der Waals surface area contributed by atoms with Crippen LogP contribution in [-0.2, 0) is 9.59 Å². The molecular formula is C8H12NO3+. The Morgan fingerprint density at radius 3 is 2.75 bits per heavy atom. The number of carboxylic acids is 1. The molecule has 0 aromatic carbocycles. The fourth-order valence-electron chi connectivity index (χ4n) is 1.41. The van der Waals surface area contributed by atoms with E-state index in [0.717, 1.165) is 6.42 Å². The van der Waals surface area contributed by atoms with Crippen LogP contribution in [0.15, 0.2) is 0 Å². The van der Waals surface area contributed by atoms with E-state index in [4.69, 9.17) is 5.11 Å². The van der Waals surface area contributed by atoms with Crippen molar-refractivity contribution in [2.75, 3.05) is 6.54 Å². The molecular weight excluding hydrogens is 158 g/mol. The van der Waals surface area contributed by atoms with Crippen molar-refractivity contribution in [3.63, 3.8) is 0 Å². The fraction of sp³-hybridized carbons (Fsp3) is 0.625. The van der Waals surface area contributed by atoms with E-state index in [-0.39, 0.29) is 12.3 Å². The molecule has 0 radical (unpaired) electrons. The monoisotopic (exact) mass is 170 g/mol. The Hall–Kier alpha value is -1.19. The van der Waals surface area contributed by atoms with Crippen molar-refractivity contribution in [3.8, 4) is 0 Å². The number of amides is 1. The van der Waals surface area contributed by atoms with E-state index >= 15 is 0 Å². The molecule has 1 amide bonds. The summed E-state index contributed by atoms with van der Waals surface area (Å²) in [6, 6.07) is -0.722. The van der Waals surface area contributed by atoms with Crippen molar-refractivity contribution < 1.29 is 14.7 Å². The van der Waals surface area contributed by atoms with Crippen LogP contribution in [0.3, 0.4) is 0 Å². The number of likely N-dealkylation sites (tertiary alicyclic amines) is 1. The molecule has 1 saturated heterocycles. The molecule has 4 heteroatoms. The highest BCUT2D eigenvalue weighted by molar-refractivity contribution is 5.84. The molecule has 12 heavy (non-hydrogen) atoms. The highest BCUT2D eigenvalue weighted by atomic mass is 16.4. The Balaban J connectivity index is 2.65. The van der Waals surface area contributed by atoms with Gasteiger partial charge >= 0.3 is 5.97 Å². The van der Waals surface area contributed by atoms with E-state index in [2.05, 4.69) is 6.92 Å². The summed E-state index contributed by atoms with van der Waals surface area (Å²) < 4.78 is 0. The summed E-state index contributed by atoms with van der Waals surface area (Å²) >= 11 is 0. The molecule has 1 aliphatic heterocycles. The summed E-state index contributed by atoms with van der Waals surface area (Å²) in [7, 11) is 0. The standard InChI is InChI=1S/C8H11NO3/c1-2-6(8(11)12)9-5-3-4-7(9)10/h6H,1-5H2/p+1/t6-/m0/s1. The molecule has 1 atom stereocenters. The van der Waals surface area contributed by atoms with Crippen LogP contribution in [0.2, 0.25) is 0 Å². The van der Waals surface area contributed by atoms with Gasteiger partial charge in [0.25, 0.3) is 0 Å². The van der Waals surface area contributed by atoms with Crippen molar-refractivity contribution in [2.24, 2.45) is 0 Å². The number of carbonyl (C=O) groups is 2. The molecule has 1 heterocycles. The molecule has 66 valence electrons. The van der Waals surface area contributed by atoms with Gasteiger partial charge in [0, 0.05) is 13.0 Å². The number of carbonyl (C=O) groups excluding carboxylic acids is 1. The lowest BCUT2D eigenvalue weighted by molar-refractivity contribution is -0.148. The minimum absolute atomic E-state index is 0.0638. The van der Waals surface area contributed by atoms with Crippen molar-refractivity contribution in [1.29, 1.82) is 0 Å². The van der Waals surface area contributed by atoms with Crippen LogP contribution in [0.5, 0.6) is 0 Å². The van der Waals surface area contributed by atoms with Crippen molar-refractivity contribution in [3.05, 3.63) is 6.92 Å². The topological polar surface area (TPSA) is 57.6 Å². The third-order valence-electron chi connectivity index (χ3n) is 2.04. The molecule has 1 aliphatic rings. The van der Waals surface area contributed by atoms with Gasteiger partial charge in [-0.3, -0.25) is 4.79 Å². The third-order valence-corrected chi connectivity index (χ3v) is 2.04. The van der Waals surface area contributed by atoms with Crippen molar-refractivity contribution in [1.82, 2.24) is 4.90 Å². The minimum atomic E-state index is -0.958. The second kappa shape index (κ2) is 3.47. The maximum Gasteiger partial charge on any atom is 0.330 e. The number of hydrogen-bond acceptors (Lipinski definition) is 2. The van der Waals surface area contributed by atoms with Gasteiger partial charge in [-0.15, -0.1) is 0 Å². The summed E-state index contributed by atoms with van der Waals surface area (Å²) in [4.78, 5) is 23.1. The van der Waals surface area contributed by atoms with Crippen LogP contribution in [0, 0.1) is 6.92 Å². The van der Waals surface area contributed by atoms with Crippen LogP contribution in [0.4, 0.5) is 0 Å². The van der Waals surface area contributed by atoms with Crippen molar-refractivity contribution >= 4 is 11.9 Å². The van der Waals surface area contributed by atoms with Crippen LogP contribution in [-0.4, -0.2) is 34.5 Å². The van der Waals surface area contributed by atoms with E-state index in [1.807, 2.05) is 0 Å². The Labute approximate surface area is 71.2 Å². The molecule has 1 fully saturated rings. The normalized spacial score (nSPS) is 19.7. The van der Waals surface area contributed by atoms with E-state index in [0.29, 0.717) is 13.0 Å². The first-order chi connectivity index (χ1) is 5.66. The molecule has 0 aromatic heterocycles. The van der Waals surface area contributed by atoms with Gasteiger partial charge < -0.3 is 10.0 Å². The Morgan fingerprint density at radius 1 is 1.75 bits per heavy atom. The minimum Gasteiger partial charge on any atom is -0.480 e. The molecule has 0 aromatic rings. The van der Waals surface area contributed by atoms with Gasteiger partial charge in [-0.05, 0) is 6.42 Å². The highest BCUT2D eigenvalue weighted by Crippen LogP contribution is 2.15. The molecule has 1 N–H and O–H groups in total. The summed E-state index contributed by atoms with van der Waals surface area (Å²) in [5.74, 6) is -1.02. The summed E-state index contributed by atoms with van der Waals surface area (Å²) in [5.41, 5.74) is 0. The van der Waals surface area contributed by atoms with E-state index in [9.17, 15) is 9.59 Å².